The Balaban J connectivity index is 4.26. The van der Waals surface area contributed by atoms with Crippen molar-refractivity contribution in [3.63, 3.8) is 0 Å². The third-order valence-corrected chi connectivity index (χ3v) is 2.23. The van der Waals surface area contributed by atoms with Crippen LogP contribution in [0.4, 0.5) is 4.79 Å². The van der Waals surface area contributed by atoms with Gasteiger partial charge in [-0.05, 0) is 20.8 Å². The largest absolute Gasteiger partial charge is 0.481 e. The molecule has 0 spiro atoms. The molecule has 2 unspecified atom stereocenters. The predicted octanol–water partition coefficient (Wildman–Crippen LogP) is 1.04. The average molecular weight is 241 g/mol. The summed E-state index contributed by atoms with van der Waals surface area (Å²) >= 11 is 0. The van der Waals surface area contributed by atoms with Crippen LogP contribution >= 0.6 is 0 Å². The fourth-order valence-corrected chi connectivity index (χ4v) is 1.34. The van der Waals surface area contributed by atoms with E-state index >= 15 is 0 Å². The molecule has 0 aliphatic carbocycles. The maximum Gasteiger partial charge on any atom is 0.317 e. The quantitative estimate of drug-likeness (QED) is 0.726. The van der Waals surface area contributed by atoms with Crippen molar-refractivity contribution < 1.29 is 14.7 Å². The molecule has 0 fully saturated rings. The van der Waals surface area contributed by atoms with Crippen molar-refractivity contribution in [3.05, 3.63) is 0 Å². The first-order valence-electron chi connectivity index (χ1n) is 5.57. The highest BCUT2D eigenvalue weighted by Crippen LogP contribution is 2.00. The number of carboxylic acid groups (broad SMARTS) is 1. The zero-order chi connectivity index (χ0) is 13.4. The minimum atomic E-state index is -0.953. The third kappa shape index (κ3) is 6.40. The lowest BCUT2D eigenvalue weighted by Gasteiger charge is -2.24. The fourth-order valence-electron chi connectivity index (χ4n) is 1.34. The molecule has 0 bridgehead atoms. The smallest absolute Gasteiger partial charge is 0.317 e. The summed E-state index contributed by atoms with van der Waals surface area (Å²) in [6.45, 7) is 6.01. The second-order valence-corrected chi connectivity index (χ2v) is 4.02. The molecule has 6 heteroatoms. The van der Waals surface area contributed by atoms with Gasteiger partial charge in [-0.15, -0.1) is 0 Å². The number of carbonyl (C=O) groups excluding carboxylic acids is 1. The zero-order valence-electron chi connectivity index (χ0n) is 10.4. The number of hydrogen-bond acceptors (Lipinski definition) is 3. The Kier molecular flexibility index (Phi) is 6.71. The first-order valence-corrected chi connectivity index (χ1v) is 5.57. The number of aliphatic carboxylic acids is 1. The maximum atomic E-state index is 11.7. The molecule has 0 heterocycles. The van der Waals surface area contributed by atoms with Gasteiger partial charge in [0.05, 0.1) is 18.4 Å². The number of carboxylic acids is 1. The van der Waals surface area contributed by atoms with Crippen molar-refractivity contribution in [2.24, 2.45) is 5.92 Å². The van der Waals surface area contributed by atoms with E-state index < -0.39 is 12.0 Å². The van der Waals surface area contributed by atoms with E-state index in [4.69, 9.17) is 10.4 Å². The molecule has 0 aliphatic rings. The van der Waals surface area contributed by atoms with Crippen molar-refractivity contribution >= 4 is 12.0 Å². The molecule has 0 aromatic carbocycles. The van der Waals surface area contributed by atoms with Crippen molar-refractivity contribution in [3.8, 4) is 6.07 Å². The van der Waals surface area contributed by atoms with E-state index in [0.717, 1.165) is 0 Å². The lowest BCUT2D eigenvalue weighted by atomic mass is 10.2. The number of nitrogens with zero attached hydrogens (tertiary/aromatic N) is 2. The van der Waals surface area contributed by atoms with Crippen molar-refractivity contribution in [1.29, 1.82) is 5.26 Å². The average Bonchev–Trinajstić information content (AvgIpc) is 2.23. The SMILES string of the molecule is CCN(CC(C)C#N)C(=O)NC(C)CC(=O)O. The highest BCUT2D eigenvalue weighted by Gasteiger charge is 2.17. The highest BCUT2D eigenvalue weighted by molar-refractivity contribution is 5.75. The van der Waals surface area contributed by atoms with Gasteiger partial charge in [0, 0.05) is 19.1 Å². The summed E-state index contributed by atoms with van der Waals surface area (Å²) in [4.78, 5) is 23.7. The van der Waals surface area contributed by atoms with Gasteiger partial charge in [-0.3, -0.25) is 4.79 Å². The van der Waals surface area contributed by atoms with Crippen LogP contribution in [0, 0.1) is 17.2 Å². The Hall–Kier alpha value is -1.77. The summed E-state index contributed by atoms with van der Waals surface area (Å²) in [5.41, 5.74) is 0. The van der Waals surface area contributed by atoms with Gasteiger partial charge >= 0.3 is 12.0 Å². The van der Waals surface area contributed by atoms with Crippen LogP contribution < -0.4 is 5.32 Å². The van der Waals surface area contributed by atoms with Crippen LogP contribution in [0.25, 0.3) is 0 Å². The molecule has 2 amide bonds. The number of amides is 2. The van der Waals surface area contributed by atoms with Gasteiger partial charge in [0.2, 0.25) is 0 Å². The molecular weight excluding hydrogens is 222 g/mol. The summed E-state index contributed by atoms with van der Waals surface area (Å²) in [6.07, 6.45) is -0.114. The van der Waals surface area contributed by atoms with Crippen LogP contribution in [0.5, 0.6) is 0 Å². The van der Waals surface area contributed by atoms with Gasteiger partial charge < -0.3 is 15.3 Å². The minimum absolute atomic E-state index is 0.114. The number of hydrogen-bond donors (Lipinski definition) is 2. The van der Waals surface area contributed by atoms with Gasteiger partial charge in [-0.25, -0.2) is 4.79 Å². The first kappa shape index (κ1) is 15.2. The zero-order valence-corrected chi connectivity index (χ0v) is 10.4. The van der Waals surface area contributed by atoms with E-state index in [9.17, 15) is 9.59 Å². The van der Waals surface area contributed by atoms with Gasteiger partial charge in [-0.2, -0.15) is 5.26 Å². The van der Waals surface area contributed by atoms with Crippen molar-refractivity contribution in [2.45, 2.75) is 33.2 Å². The summed E-state index contributed by atoms with van der Waals surface area (Å²) in [5.74, 6) is -1.19. The Labute approximate surface area is 101 Å². The summed E-state index contributed by atoms with van der Waals surface area (Å²) in [5, 5.41) is 19.8. The third-order valence-electron chi connectivity index (χ3n) is 2.23. The number of nitriles is 1. The Morgan fingerprint density at radius 3 is 2.47 bits per heavy atom. The van der Waals surface area contributed by atoms with Gasteiger partial charge in [0.1, 0.15) is 0 Å². The molecule has 2 atom stereocenters. The van der Waals surface area contributed by atoms with Crippen LogP contribution in [0.15, 0.2) is 0 Å². The second-order valence-electron chi connectivity index (χ2n) is 4.02. The molecule has 0 aliphatic heterocycles. The molecule has 96 valence electrons. The molecule has 0 saturated heterocycles. The van der Waals surface area contributed by atoms with Crippen molar-refractivity contribution in [1.82, 2.24) is 10.2 Å². The molecule has 0 radical (unpaired) electrons. The monoisotopic (exact) mass is 241 g/mol. The lowest BCUT2D eigenvalue weighted by molar-refractivity contribution is -0.137. The summed E-state index contributed by atoms with van der Waals surface area (Å²) in [6, 6.07) is 1.30. The number of rotatable bonds is 6. The fraction of sp³-hybridized carbons (Fsp3) is 0.727. The molecule has 0 aromatic rings. The molecule has 0 aromatic heterocycles. The highest BCUT2D eigenvalue weighted by atomic mass is 16.4. The lowest BCUT2D eigenvalue weighted by Crippen LogP contribution is -2.45. The molecule has 0 saturated carbocycles. The molecule has 6 nitrogen and oxygen atoms in total. The topological polar surface area (TPSA) is 93.4 Å². The number of carbonyl (C=O) groups is 2. The number of urea groups is 1. The maximum absolute atomic E-state index is 11.7. The molecule has 2 N–H and O–H groups in total. The molecule has 17 heavy (non-hydrogen) atoms. The Bertz CT molecular complexity index is 312. The van der Waals surface area contributed by atoms with Crippen LogP contribution in [-0.2, 0) is 4.79 Å². The van der Waals surface area contributed by atoms with E-state index in [1.165, 1.54) is 4.90 Å². The Morgan fingerprint density at radius 2 is 2.06 bits per heavy atom. The molecular formula is C11H19N3O3. The summed E-state index contributed by atoms with van der Waals surface area (Å²) < 4.78 is 0. The number of nitrogens with one attached hydrogen (secondary N) is 1. The minimum Gasteiger partial charge on any atom is -0.481 e. The van der Waals surface area contributed by atoms with E-state index in [2.05, 4.69) is 11.4 Å². The van der Waals surface area contributed by atoms with Crippen LogP contribution in [-0.4, -0.2) is 41.1 Å². The van der Waals surface area contributed by atoms with E-state index in [-0.39, 0.29) is 18.4 Å². The van der Waals surface area contributed by atoms with Gasteiger partial charge in [0.25, 0.3) is 0 Å². The van der Waals surface area contributed by atoms with Crippen LogP contribution in [0.1, 0.15) is 27.2 Å². The predicted molar refractivity (Wildman–Crippen MR) is 62.3 cm³/mol. The van der Waals surface area contributed by atoms with Gasteiger partial charge in [-0.1, -0.05) is 0 Å². The second kappa shape index (κ2) is 7.49. The molecule has 0 rings (SSSR count). The van der Waals surface area contributed by atoms with E-state index in [1.807, 2.05) is 6.92 Å². The van der Waals surface area contributed by atoms with Crippen LogP contribution in [0.2, 0.25) is 0 Å². The van der Waals surface area contributed by atoms with E-state index in [0.29, 0.717) is 13.1 Å². The van der Waals surface area contributed by atoms with Crippen LogP contribution in [0.3, 0.4) is 0 Å². The Morgan fingerprint density at radius 1 is 1.47 bits per heavy atom. The first-order chi connectivity index (χ1) is 7.90. The van der Waals surface area contributed by atoms with E-state index in [1.54, 1.807) is 13.8 Å². The standard InChI is InChI=1S/C11H19N3O3/c1-4-14(7-8(2)6-12)11(17)13-9(3)5-10(15)16/h8-9H,4-5,7H2,1-3H3,(H,13,17)(H,15,16). The normalized spacial score (nSPS) is 13.3. The van der Waals surface area contributed by atoms with Crippen molar-refractivity contribution in [2.75, 3.05) is 13.1 Å². The van der Waals surface area contributed by atoms with Gasteiger partial charge in [0.15, 0.2) is 0 Å². The summed E-state index contributed by atoms with van der Waals surface area (Å²) in [7, 11) is 0.